The van der Waals surface area contributed by atoms with Crippen molar-refractivity contribution in [1.82, 2.24) is 5.32 Å². The topological polar surface area (TPSA) is 47.3 Å². The van der Waals surface area contributed by atoms with E-state index in [9.17, 15) is 0 Å². The zero-order chi connectivity index (χ0) is 10.0. The molecule has 2 rings (SSSR count). The van der Waals surface area contributed by atoms with Gasteiger partial charge in [-0.2, -0.15) is 0 Å². The summed E-state index contributed by atoms with van der Waals surface area (Å²) in [6.45, 7) is 5.00. The quantitative estimate of drug-likeness (QED) is 0.652. The van der Waals surface area contributed by atoms with Gasteiger partial charge in [0.2, 0.25) is 0 Å². The molecule has 80 valence electrons. The van der Waals surface area contributed by atoms with Gasteiger partial charge in [0.15, 0.2) is 0 Å². The lowest BCUT2D eigenvalue weighted by Gasteiger charge is -2.25. The second-order valence-corrected chi connectivity index (χ2v) is 4.79. The van der Waals surface area contributed by atoms with Crippen molar-refractivity contribution in [3.05, 3.63) is 12.2 Å². The fraction of sp³-hybridized carbons (Fsp3) is 0.818. The smallest absolute Gasteiger partial charge is 0.0646 e. The summed E-state index contributed by atoms with van der Waals surface area (Å²) < 4.78 is 5.39. The molecule has 3 N–H and O–H groups in total. The van der Waals surface area contributed by atoms with Gasteiger partial charge >= 0.3 is 0 Å². The lowest BCUT2D eigenvalue weighted by atomic mass is 10.00. The predicted molar refractivity (Wildman–Crippen MR) is 57.1 cm³/mol. The van der Waals surface area contributed by atoms with Gasteiger partial charge in [0.05, 0.1) is 6.61 Å². The highest BCUT2D eigenvalue weighted by molar-refractivity contribution is 5.05. The number of nitrogens with two attached hydrogens (primary N) is 1. The van der Waals surface area contributed by atoms with Crippen LogP contribution in [0.1, 0.15) is 19.8 Å². The molecule has 3 heteroatoms. The molecule has 0 aromatic heterocycles. The Morgan fingerprint density at radius 3 is 3.00 bits per heavy atom. The zero-order valence-electron chi connectivity index (χ0n) is 8.83. The molecule has 1 saturated heterocycles. The third-order valence-corrected chi connectivity index (χ3v) is 3.22. The van der Waals surface area contributed by atoms with E-state index in [1.807, 2.05) is 0 Å². The van der Waals surface area contributed by atoms with Crippen LogP contribution < -0.4 is 11.1 Å². The van der Waals surface area contributed by atoms with Gasteiger partial charge in [-0.25, -0.2) is 0 Å². The molecule has 3 atom stereocenters. The average molecular weight is 196 g/mol. The Hall–Kier alpha value is -0.380. The van der Waals surface area contributed by atoms with E-state index in [0.717, 1.165) is 32.6 Å². The second-order valence-electron chi connectivity index (χ2n) is 4.79. The molecule has 0 aromatic carbocycles. The minimum absolute atomic E-state index is 0.195. The van der Waals surface area contributed by atoms with E-state index in [1.54, 1.807) is 0 Å². The van der Waals surface area contributed by atoms with Gasteiger partial charge in [-0.1, -0.05) is 12.2 Å². The molecule has 0 bridgehead atoms. The van der Waals surface area contributed by atoms with Gasteiger partial charge < -0.3 is 15.8 Å². The maximum absolute atomic E-state index is 5.80. The molecule has 0 saturated carbocycles. The fourth-order valence-electron chi connectivity index (χ4n) is 2.14. The normalized spacial score (nSPS) is 42.1. The molecule has 0 aromatic rings. The SMILES string of the molecule is CC1(NCC2C=CC(N)C2)CCOC1. The van der Waals surface area contributed by atoms with Crippen molar-refractivity contribution in [2.24, 2.45) is 11.7 Å². The Morgan fingerprint density at radius 1 is 1.57 bits per heavy atom. The number of hydrogen-bond donors (Lipinski definition) is 2. The van der Waals surface area contributed by atoms with Gasteiger partial charge in [-0.3, -0.25) is 0 Å². The summed E-state index contributed by atoms with van der Waals surface area (Å²) in [7, 11) is 0. The van der Waals surface area contributed by atoms with Gasteiger partial charge in [-0.05, 0) is 25.7 Å². The van der Waals surface area contributed by atoms with E-state index in [1.165, 1.54) is 0 Å². The fourth-order valence-corrected chi connectivity index (χ4v) is 2.14. The number of nitrogens with one attached hydrogen (secondary N) is 1. The van der Waals surface area contributed by atoms with Gasteiger partial charge in [0.25, 0.3) is 0 Å². The van der Waals surface area contributed by atoms with Crippen LogP contribution in [-0.4, -0.2) is 31.3 Å². The monoisotopic (exact) mass is 196 g/mol. The first-order chi connectivity index (χ1) is 6.68. The Kier molecular flexibility index (Phi) is 2.91. The van der Waals surface area contributed by atoms with Crippen molar-refractivity contribution < 1.29 is 4.74 Å². The van der Waals surface area contributed by atoms with Crippen LogP contribution in [0.15, 0.2) is 12.2 Å². The highest BCUT2D eigenvalue weighted by Gasteiger charge is 2.29. The minimum atomic E-state index is 0.195. The summed E-state index contributed by atoms with van der Waals surface area (Å²) in [6, 6.07) is 0.273. The summed E-state index contributed by atoms with van der Waals surface area (Å²) in [5.41, 5.74) is 6.00. The summed E-state index contributed by atoms with van der Waals surface area (Å²) in [6.07, 6.45) is 6.55. The van der Waals surface area contributed by atoms with Crippen molar-refractivity contribution in [3.8, 4) is 0 Å². The van der Waals surface area contributed by atoms with E-state index >= 15 is 0 Å². The summed E-state index contributed by atoms with van der Waals surface area (Å²) >= 11 is 0. The van der Waals surface area contributed by atoms with E-state index in [2.05, 4.69) is 24.4 Å². The first-order valence-corrected chi connectivity index (χ1v) is 5.45. The maximum atomic E-state index is 5.80. The first kappa shape index (κ1) is 10.1. The number of hydrogen-bond acceptors (Lipinski definition) is 3. The van der Waals surface area contributed by atoms with E-state index in [4.69, 9.17) is 10.5 Å². The maximum Gasteiger partial charge on any atom is 0.0646 e. The molecule has 0 amide bonds. The van der Waals surface area contributed by atoms with Crippen molar-refractivity contribution >= 4 is 0 Å². The average Bonchev–Trinajstić information content (AvgIpc) is 2.73. The molecule has 1 aliphatic carbocycles. The number of ether oxygens (including phenoxy) is 1. The van der Waals surface area contributed by atoms with E-state index in [0.29, 0.717) is 5.92 Å². The molecule has 3 unspecified atom stereocenters. The second kappa shape index (κ2) is 4.01. The summed E-state index contributed by atoms with van der Waals surface area (Å²) in [5.74, 6) is 0.613. The van der Waals surface area contributed by atoms with Gasteiger partial charge in [0, 0.05) is 24.7 Å². The minimum Gasteiger partial charge on any atom is -0.379 e. The Bertz CT molecular complexity index is 221. The lowest BCUT2D eigenvalue weighted by molar-refractivity contribution is 0.170. The molecule has 0 radical (unpaired) electrons. The molecular formula is C11H20N2O. The van der Waals surface area contributed by atoms with E-state index < -0.39 is 0 Å². The summed E-state index contributed by atoms with van der Waals surface area (Å²) in [4.78, 5) is 0. The van der Waals surface area contributed by atoms with Crippen LogP contribution in [0.5, 0.6) is 0 Å². The van der Waals surface area contributed by atoms with Crippen molar-refractivity contribution in [2.75, 3.05) is 19.8 Å². The highest BCUT2D eigenvalue weighted by atomic mass is 16.5. The highest BCUT2D eigenvalue weighted by Crippen LogP contribution is 2.20. The molecule has 0 spiro atoms. The number of rotatable bonds is 3. The predicted octanol–water partition coefficient (Wildman–Crippen LogP) is 0.658. The standard InChI is InChI=1S/C11H20N2O/c1-11(4-5-14-8-11)13-7-9-2-3-10(12)6-9/h2-3,9-10,13H,4-8,12H2,1H3. The van der Waals surface area contributed by atoms with Crippen molar-refractivity contribution in [1.29, 1.82) is 0 Å². The molecule has 2 aliphatic rings. The zero-order valence-corrected chi connectivity index (χ0v) is 8.83. The van der Waals surface area contributed by atoms with Crippen LogP contribution in [0.25, 0.3) is 0 Å². The third-order valence-electron chi connectivity index (χ3n) is 3.22. The van der Waals surface area contributed by atoms with Crippen LogP contribution in [-0.2, 0) is 4.74 Å². The Morgan fingerprint density at radius 2 is 2.43 bits per heavy atom. The largest absolute Gasteiger partial charge is 0.379 e. The lowest BCUT2D eigenvalue weighted by Crippen LogP contribution is -2.44. The van der Waals surface area contributed by atoms with Crippen molar-refractivity contribution in [3.63, 3.8) is 0 Å². The first-order valence-electron chi connectivity index (χ1n) is 5.45. The molecular weight excluding hydrogens is 176 g/mol. The van der Waals surface area contributed by atoms with Gasteiger partial charge in [-0.15, -0.1) is 0 Å². The van der Waals surface area contributed by atoms with Crippen LogP contribution >= 0.6 is 0 Å². The molecule has 1 aliphatic heterocycles. The Balaban J connectivity index is 1.74. The van der Waals surface area contributed by atoms with Crippen molar-refractivity contribution in [2.45, 2.75) is 31.3 Å². The molecule has 14 heavy (non-hydrogen) atoms. The molecule has 1 heterocycles. The van der Waals surface area contributed by atoms with Gasteiger partial charge in [0.1, 0.15) is 0 Å². The Labute approximate surface area is 85.7 Å². The van der Waals surface area contributed by atoms with Crippen LogP contribution in [0.4, 0.5) is 0 Å². The molecule has 1 fully saturated rings. The van der Waals surface area contributed by atoms with Crippen LogP contribution in [0.2, 0.25) is 0 Å². The van der Waals surface area contributed by atoms with Crippen LogP contribution in [0.3, 0.4) is 0 Å². The van der Waals surface area contributed by atoms with E-state index in [-0.39, 0.29) is 11.6 Å². The summed E-state index contributed by atoms with van der Waals surface area (Å²) in [5, 5.41) is 3.59. The molecule has 3 nitrogen and oxygen atoms in total. The third kappa shape index (κ3) is 2.35. The van der Waals surface area contributed by atoms with Crippen LogP contribution in [0, 0.1) is 5.92 Å².